The number of aromatic nitrogens is 4. The van der Waals surface area contributed by atoms with Crippen LogP contribution in [0, 0.1) is 5.92 Å². The van der Waals surface area contributed by atoms with E-state index >= 15 is 0 Å². The van der Waals surface area contributed by atoms with Crippen molar-refractivity contribution in [3.63, 3.8) is 0 Å². The van der Waals surface area contributed by atoms with Gasteiger partial charge in [-0.2, -0.15) is 0 Å². The van der Waals surface area contributed by atoms with Gasteiger partial charge in [0.1, 0.15) is 0 Å². The highest BCUT2D eigenvalue weighted by Crippen LogP contribution is 2.31. The molecule has 1 saturated carbocycles. The molecule has 1 saturated heterocycles. The van der Waals surface area contributed by atoms with Crippen LogP contribution >= 0.6 is 0 Å². The molecule has 7 nitrogen and oxygen atoms in total. The molecule has 1 aliphatic heterocycles. The van der Waals surface area contributed by atoms with E-state index in [9.17, 15) is 4.79 Å². The van der Waals surface area contributed by atoms with Gasteiger partial charge in [0.05, 0.1) is 18.4 Å². The molecular weight excluding hydrogens is 342 g/mol. The predicted molar refractivity (Wildman–Crippen MR) is 100 cm³/mol. The van der Waals surface area contributed by atoms with E-state index < -0.39 is 0 Å². The van der Waals surface area contributed by atoms with Gasteiger partial charge >= 0.3 is 0 Å². The Hall–Kier alpha value is -2.18. The fourth-order valence-corrected chi connectivity index (χ4v) is 4.35. The van der Waals surface area contributed by atoms with Gasteiger partial charge in [0.25, 0.3) is 0 Å². The Morgan fingerprint density at radius 2 is 2.04 bits per heavy atom. The number of fused-ring (bicyclic) bond motifs is 1. The lowest BCUT2D eigenvalue weighted by atomic mass is 9.88. The minimum absolute atomic E-state index is 0.130. The van der Waals surface area contributed by atoms with Crippen LogP contribution in [0.5, 0.6) is 0 Å². The zero-order valence-corrected chi connectivity index (χ0v) is 15.9. The number of hydrogen-bond acceptors (Lipinski definition) is 5. The molecule has 1 atom stereocenters. The first-order chi connectivity index (χ1) is 13.3. The summed E-state index contributed by atoms with van der Waals surface area (Å²) >= 11 is 0. The summed E-state index contributed by atoms with van der Waals surface area (Å²) in [5.74, 6) is 2.59. The van der Waals surface area contributed by atoms with Crippen molar-refractivity contribution in [1.29, 1.82) is 0 Å². The van der Waals surface area contributed by atoms with Crippen molar-refractivity contribution in [2.75, 3.05) is 6.61 Å². The third kappa shape index (κ3) is 4.57. The fraction of sp³-hybridized carbons (Fsp3) is 0.700. The highest BCUT2D eigenvalue weighted by atomic mass is 16.5. The van der Waals surface area contributed by atoms with Crippen molar-refractivity contribution >= 4 is 5.91 Å². The Morgan fingerprint density at radius 3 is 2.93 bits per heavy atom. The Kier molecular flexibility index (Phi) is 5.84. The van der Waals surface area contributed by atoms with Crippen molar-refractivity contribution < 1.29 is 9.53 Å². The molecule has 7 heteroatoms. The smallest absolute Gasteiger partial charge is 0.224 e. The first kappa shape index (κ1) is 18.2. The first-order valence-corrected chi connectivity index (χ1v) is 10.4. The second kappa shape index (κ2) is 8.67. The van der Waals surface area contributed by atoms with Gasteiger partial charge in [-0.25, -0.2) is 4.68 Å². The Morgan fingerprint density at radius 1 is 1.15 bits per heavy atom. The summed E-state index contributed by atoms with van der Waals surface area (Å²) in [6.45, 7) is 0.721. The molecular formula is C20H29N5O2. The lowest BCUT2D eigenvalue weighted by Crippen LogP contribution is -2.34. The van der Waals surface area contributed by atoms with Crippen molar-refractivity contribution in [1.82, 2.24) is 25.5 Å². The van der Waals surface area contributed by atoms with Crippen molar-refractivity contribution in [3.8, 4) is 0 Å². The van der Waals surface area contributed by atoms with Crippen molar-refractivity contribution in [2.24, 2.45) is 5.92 Å². The summed E-state index contributed by atoms with van der Waals surface area (Å²) in [5.41, 5.74) is 1.05. The van der Waals surface area contributed by atoms with E-state index in [0.717, 1.165) is 56.0 Å². The molecule has 1 aromatic rings. The number of rotatable bonds is 7. The highest BCUT2D eigenvalue weighted by Gasteiger charge is 2.26. The molecule has 3 aliphatic rings. The van der Waals surface area contributed by atoms with Crippen LogP contribution < -0.4 is 5.32 Å². The van der Waals surface area contributed by atoms with Crippen LogP contribution in [0.15, 0.2) is 23.6 Å². The van der Waals surface area contributed by atoms with E-state index in [4.69, 9.17) is 4.74 Å². The fourth-order valence-electron chi connectivity index (χ4n) is 4.35. The third-order valence-corrected chi connectivity index (χ3v) is 5.90. The molecule has 146 valence electrons. The second-order valence-electron chi connectivity index (χ2n) is 7.88. The number of hydrogen-bond donors (Lipinski definition) is 1. The van der Waals surface area contributed by atoms with Crippen LogP contribution in [0.25, 0.3) is 0 Å². The molecule has 2 fully saturated rings. The van der Waals surface area contributed by atoms with E-state index in [2.05, 4.69) is 25.5 Å². The summed E-state index contributed by atoms with van der Waals surface area (Å²) < 4.78 is 8.03. The number of carbonyl (C=O) groups is 1. The highest BCUT2D eigenvalue weighted by molar-refractivity contribution is 5.79. The van der Waals surface area contributed by atoms with Gasteiger partial charge in [0.15, 0.2) is 5.82 Å². The Balaban J connectivity index is 1.19. The van der Waals surface area contributed by atoms with E-state index in [1.165, 1.54) is 32.1 Å². The van der Waals surface area contributed by atoms with Crippen molar-refractivity contribution in [3.05, 3.63) is 29.4 Å². The molecule has 2 heterocycles. The first-order valence-electron chi connectivity index (χ1n) is 10.4. The Bertz CT molecular complexity index is 718. The number of allylic oxidation sites excluding steroid dienone is 4. The van der Waals surface area contributed by atoms with Gasteiger partial charge < -0.3 is 10.1 Å². The summed E-state index contributed by atoms with van der Waals surface area (Å²) in [7, 11) is 0. The average Bonchev–Trinajstić information content (AvgIpc) is 3.17. The third-order valence-electron chi connectivity index (χ3n) is 5.90. The largest absolute Gasteiger partial charge is 0.498 e. The minimum Gasteiger partial charge on any atom is -0.498 e. The lowest BCUT2D eigenvalue weighted by molar-refractivity contribution is -0.121. The van der Waals surface area contributed by atoms with Gasteiger partial charge in [-0.15, -0.1) is 5.10 Å². The van der Waals surface area contributed by atoms with Crippen LogP contribution in [0.3, 0.4) is 0 Å². The van der Waals surface area contributed by atoms with Crippen LogP contribution in [0.4, 0.5) is 0 Å². The van der Waals surface area contributed by atoms with E-state index in [0.29, 0.717) is 18.4 Å². The van der Waals surface area contributed by atoms with Gasteiger partial charge in [-0.05, 0) is 54.7 Å². The zero-order chi connectivity index (χ0) is 18.5. The molecule has 1 aromatic heterocycles. The molecule has 0 bridgehead atoms. The summed E-state index contributed by atoms with van der Waals surface area (Å²) in [6.07, 6.45) is 15.7. The standard InChI is InChI=1S/C20H29N5O2/c26-20-12-9-15-14-17(10-11-18(15)21-20)27-13-5-4-8-19-22-23-24-25(19)16-6-2-1-3-7-16/h10-11,15-16H,1-9,12-14H2,(H,21,26). The second-order valence-corrected chi connectivity index (χ2v) is 7.88. The van der Waals surface area contributed by atoms with Crippen LogP contribution in [-0.2, 0) is 16.0 Å². The molecule has 1 unspecified atom stereocenters. The molecule has 0 spiro atoms. The number of ether oxygens (including phenoxy) is 1. The molecule has 0 aromatic carbocycles. The monoisotopic (exact) mass is 371 g/mol. The summed E-state index contributed by atoms with van der Waals surface area (Å²) in [6, 6.07) is 0.490. The molecule has 1 amide bonds. The summed E-state index contributed by atoms with van der Waals surface area (Å²) in [5, 5.41) is 15.3. The van der Waals surface area contributed by atoms with Crippen LogP contribution in [-0.4, -0.2) is 32.7 Å². The number of amides is 1. The van der Waals surface area contributed by atoms with Crippen molar-refractivity contribution in [2.45, 2.75) is 76.7 Å². The van der Waals surface area contributed by atoms with Gasteiger partial charge in [-0.3, -0.25) is 4.79 Å². The van der Waals surface area contributed by atoms with Gasteiger partial charge in [-0.1, -0.05) is 19.3 Å². The number of piperidine rings is 1. The zero-order valence-electron chi connectivity index (χ0n) is 15.9. The topological polar surface area (TPSA) is 81.9 Å². The summed E-state index contributed by atoms with van der Waals surface area (Å²) in [4.78, 5) is 11.4. The normalized spacial score (nSPS) is 23.3. The van der Waals surface area contributed by atoms with Gasteiger partial charge in [0, 0.05) is 30.9 Å². The van der Waals surface area contributed by atoms with Crippen LogP contribution in [0.1, 0.15) is 76.1 Å². The molecule has 27 heavy (non-hydrogen) atoms. The molecule has 4 rings (SSSR count). The van der Waals surface area contributed by atoms with Crippen LogP contribution in [0.2, 0.25) is 0 Å². The maximum Gasteiger partial charge on any atom is 0.224 e. The molecule has 0 radical (unpaired) electrons. The number of aryl methyl sites for hydroxylation is 1. The minimum atomic E-state index is 0.130. The number of nitrogens with one attached hydrogen (secondary N) is 1. The van der Waals surface area contributed by atoms with E-state index in [1.54, 1.807) is 0 Å². The quantitative estimate of drug-likeness (QED) is 0.744. The SMILES string of the molecule is O=C1CCC2CC(OCCCCc3nnnn3C3CCCCC3)=CC=C2N1. The number of nitrogens with zero attached hydrogens (tertiary/aromatic N) is 4. The average molecular weight is 371 g/mol. The molecule has 2 aliphatic carbocycles. The number of carbonyl (C=O) groups excluding carboxylic acids is 1. The number of tetrazole rings is 1. The maximum absolute atomic E-state index is 11.4. The van der Waals surface area contributed by atoms with Gasteiger partial charge in [0.2, 0.25) is 5.91 Å². The Labute approximate surface area is 160 Å². The lowest BCUT2D eigenvalue weighted by Gasteiger charge is -2.29. The number of unbranched alkanes of at least 4 members (excludes halogenated alkanes) is 1. The maximum atomic E-state index is 11.4. The van der Waals surface area contributed by atoms with E-state index in [1.807, 2.05) is 12.2 Å². The predicted octanol–water partition coefficient (Wildman–Crippen LogP) is 3.22. The van der Waals surface area contributed by atoms with E-state index in [-0.39, 0.29) is 5.91 Å². The molecule has 1 N–H and O–H groups in total.